The molecule has 0 spiro atoms. The van der Waals surface area contributed by atoms with Gasteiger partial charge < -0.3 is 4.74 Å². The number of rotatable bonds is 5. The van der Waals surface area contributed by atoms with Gasteiger partial charge in [0.25, 0.3) is 5.56 Å². The van der Waals surface area contributed by atoms with Crippen LogP contribution in [-0.4, -0.2) is 16.2 Å². The lowest BCUT2D eigenvalue weighted by Gasteiger charge is -2.08. The number of benzene rings is 1. The quantitative estimate of drug-likeness (QED) is 0.706. The van der Waals surface area contributed by atoms with Gasteiger partial charge in [0, 0.05) is 17.5 Å². The van der Waals surface area contributed by atoms with Crippen molar-refractivity contribution in [2.75, 3.05) is 6.61 Å². The summed E-state index contributed by atoms with van der Waals surface area (Å²) in [6.07, 6.45) is 1.66. The highest BCUT2D eigenvalue weighted by Gasteiger charge is 2.13. The number of ether oxygens (including phenoxy) is 1. The molecule has 0 unspecified atom stereocenters. The van der Waals surface area contributed by atoms with Crippen LogP contribution in [0, 0.1) is 5.92 Å². The van der Waals surface area contributed by atoms with Gasteiger partial charge in [-0.05, 0) is 30.5 Å². The van der Waals surface area contributed by atoms with Crippen LogP contribution in [0.15, 0.2) is 40.8 Å². The van der Waals surface area contributed by atoms with E-state index in [1.54, 1.807) is 10.9 Å². The molecule has 0 amide bonds. The highest BCUT2D eigenvalue weighted by atomic mass is 32.1. The third-order valence-corrected chi connectivity index (χ3v) is 4.49. The molecule has 0 aliphatic rings. The maximum Gasteiger partial charge on any atom is 0.262 e. The second-order valence-electron chi connectivity index (χ2n) is 5.88. The largest absolute Gasteiger partial charge is 0.494 e. The maximum atomic E-state index is 12.8. The van der Waals surface area contributed by atoms with Gasteiger partial charge in [-0.3, -0.25) is 9.36 Å². The average molecular weight is 328 g/mol. The van der Waals surface area contributed by atoms with Gasteiger partial charge in [-0.2, -0.15) is 0 Å². The molecule has 3 aromatic rings. The van der Waals surface area contributed by atoms with Gasteiger partial charge in [0.15, 0.2) is 0 Å². The van der Waals surface area contributed by atoms with Crippen molar-refractivity contribution in [2.24, 2.45) is 5.92 Å². The predicted octanol–water partition coefficient (Wildman–Crippen LogP) is 4.18. The van der Waals surface area contributed by atoms with Gasteiger partial charge in [-0.1, -0.05) is 26.0 Å². The van der Waals surface area contributed by atoms with E-state index in [-0.39, 0.29) is 5.56 Å². The van der Waals surface area contributed by atoms with Crippen molar-refractivity contribution in [3.8, 4) is 16.9 Å². The van der Waals surface area contributed by atoms with Gasteiger partial charge in [0.2, 0.25) is 0 Å². The zero-order valence-electron chi connectivity index (χ0n) is 13.6. The first-order valence-electron chi connectivity index (χ1n) is 7.80. The number of thiophene rings is 1. The minimum absolute atomic E-state index is 0.0360. The smallest absolute Gasteiger partial charge is 0.262 e. The number of hydrogen-bond donors (Lipinski definition) is 0. The summed E-state index contributed by atoms with van der Waals surface area (Å²) in [4.78, 5) is 18.0. The van der Waals surface area contributed by atoms with E-state index in [0.717, 1.165) is 21.7 Å². The Hall–Kier alpha value is -2.14. The molecule has 0 saturated heterocycles. The van der Waals surface area contributed by atoms with Crippen LogP contribution in [0.1, 0.15) is 20.8 Å². The van der Waals surface area contributed by atoms with E-state index < -0.39 is 0 Å². The zero-order valence-corrected chi connectivity index (χ0v) is 14.4. The Morgan fingerprint density at radius 1 is 1.26 bits per heavy atom. The first-order chi connectivity index (χ1) is 11.1. The summed E-state index contributed by atoms with van der Waals surface area (Å²) < 4.78 is 7.18. The van der Waals surface area contributed by atoms with E-state index in [1.807, 2.05) is 36.6 Å². The van der Waals surface area contributed by atoms with Crippen LogP contribution < -0.4 is 10.3 Å². The minimum Gasteiger partial charge on any atom is -0.494 e. The molecule has 2 aromatic heterocycles. The van der Waals surface area contributed by atoms with E-state index in [4.69, 9.17) is 4.74 Å². The van der Waals surface area contributed by atoms with Crippen molar-refractivity contribution < 1.29 is 4.74 Å². The summed E-state index contributed by atoms with van der Waals surface area (Å²) >= 11 is 1.51. The Morgan fingerprint density at radius 3 is 2.65 bits per heavy atom. The van der Waals surface area contributed by atoms with Crippen LogP contribution in [-0.2, 0) is 6.54 Å². The van der Waals surface area contributed by atoms with E-state index >= 15 is 0 Å². The molecular formula is C18H20N2O2S. The van der Waals surface area contributed by atoms with Crippen molar-refractivity contribution in [3.05, 3.63) is 46.3 Å². The van der Waals surface area contributed by atoms with Crippen LogP contribution in [0.3, 0.4) is 0 Å². The fourth-order valence-corrected chi connectivity index (χ4v) is 3.51. The lowest BCUT2D eigenvalue weighted by atomic mass is 10.1. The Labute approximate surface area is 139 Å². The molecule has 23 heavy (non-hydrogen) atoms. The van der Waals surface area contributed by atoms with Gasteiger partial charge >= 0.3 is 0 Å². The first kappa shape index (κ1) is 15.7. The molecule has 2 heterocycles. The molecule has 5 heteroatoms. The molecule has 1 aromatic carbocycles. The molecule has 0 bridgehead atoms. The first-order valence-corrected chi connectivity index (χ1v) is 8.68. The van der Waals surface area contributed by atoms with Crippen molar-refractivity contribution in [1.29, 1.82) is 0 Å². The van der Waals surface area contributed by atoms with E-state index in [9.17, 15) is 4.79 Å². The summed E-state index contributed by atoms with van der Waals surface area (Å²) in [5.41, 5.74) is 2.00. The summed E-state index contributed by atoms with van der Waals surface area (Å²) in [6.45, 7) is 7.48. The summed E-state index contributed by atoms with van der Waals surface area (Å²) in [7, 11) is 0. The summed E-state index contributed by atoms with van der Waals surface area (Å²) in [6, 6.07) is 7.86. The molecule has 120 valence electrons. The highest BCUT2D eigenvalue weighted by Crippen LogP contribution is 2.31. The third kappa shape index (κ3) is 3.15. The summed E-state index contributed by atoms with van der Waals surface area (Å²) in [5.74, 6) is 1.24. The number of fused-ring (bicyclic) bond motifs is 1. The Balaban J connectivity index is 2.09. The Kier molecular flexibility index (Phi) is 4.48. The van der Waals surface area contributed by atoms with Crippen molar-refractivity contribution >= 4 is 21.6 Å². The van der Waals surface area contributed by atoms with Crippen LogP contribution in [0.25, 0.3) is 21.3 Å². The SMILES string of the molecule is CCOc1ccc(-c2csc3ncn(CC(C)C)c(=O)c23)cc1. The topological polar surface area (TPSA) is 44.1 Å². The fourth-order valence-electron chi connectivity index (χ4n) is 2.60. The van der Waals surface area contributed by atoms with Crippen molar-refractivity contribution in [1.82, 2.24) is 9.55 Å². The van der Waals surface area contributed by atoms with Gasteiger partial charge in [0.1, 0.15) is 10.6 Å². The van der Waals surface area contributed by atoms with E-state index in [1.165, 1.54) is 11.3 Å². The molecule has 3 rings (SSSR count). The minimum atomic E-state index is 0.0360. The predicted molar refractivity (Wildman–Crippen MR) is 95.3 cm³/mol. The normalized spacial score (nSPS) is 11.3. The van der Waals surface area contributed by atoms with Gasteiger partial charge in [-0.15, -0.1) is 11.3 Å². The molecule has 4 nitrogen and oxygen atoms in total. The van der Waals surface area contributed by atoms with Crippen LogP contribution in [0.4, 0.5) is 0 Å². The van der Waals surface area contributed by atoms with Gasteiger partial charge in [-0.25, -0.2) is 4.98 Å². The summed E-state index contributed by atoms with van der Waals surface area (Å²) in [5, 5.41) is 2.72. The zero-order chi connectivity index (χ0) is 16.4. The highest BCUT2D eigenvalue weighted by molar-refractivity contribution is 7.17. The Morgan fingerprint density at radius 2 is 2.00 bits per heavy atom. The van der Waals surface area contributed by atoms with Gasteiger partial charge in [0.05, 0.1) is 18.3 Å². The van der Waals surface area contributed by atoms with Crippen molar-refractivity contribution in [3.63, 3.8) is 0 Å². The average Bonchev–Trinajstić information content (AvgIpc) is 2.96. The van der Waals surface area contributed by atoms with E-state index in [2.05, 4.69) is 18.8 Å². The van der Waals surface area contributed by atoms with Crippen LogP contribution >= 0.6 is 11.3 Å². The molecule has 0 saturated carbocycles. The standard InChI is InChI=1S/C18H20N2O2S/c1-4-22-14-7-5-13(6-8-14)15-10-23-17-16(15)18(21)20(11-19-17)9-12(2)3/h5-8,10-12H,4,9H2,1-3H3. The molecule has 0 aliphatic carbocycles. The molecule has 0 radical (unpaired) electrons. The lowest BCUT2D eigenvalue weighted by molar-refractivity contribution is 0.340. The maximum absolute atomic E-state index is 12.8. The molecule has 0 N–H and O–H groups in total. The molecule has 0 aliphatic heterocycles. The number of hydrogen-bond acceptors (Lipinski definition) is 4. The number of nitrogens with zero attached hydrogens (tertiary/aromatic N) is 2. The lowest BCUT2D eigenvalue weighted by Crippen LogP contribution is -2.22. The van der Waals surface area contributed by atoms with Crippen molar-refractivity contribution in [2.45, 2.75) is 27.3 Å². The van der Waals surface area contributed by atoms with Crippen LogP contribution in [0.5, 0.6) is 5.75 Å². The van der Waals surface area contributed by atoms with E-state index in [0.29, 0.717) is 24.5 Å². The fraction of sp³-hybridized carbons (Fsp3) is 0.333. The second kappa shape index (κ2) is 6.54. The van der Waals surface area contributed by atoms with Crippen LogP contribution in [0.2, 0.25) is 0 Å². The second-order valence-corrected chi connectivity index (χ2v) is 6.74. The monoisotopic (exact) mass is 328 g/mol. The molecular weight excluding hydrogens is 308 g/mol. The number of aromatic nitrogens is 2. The Bertz CT molecular complexity index is 863. The molecule has 0 atom stereocenters. The third-order valence-electron chi connectivity index (χ3n) is 3.60. The molecule has 0 fully saturated rings.